The van der Waals surface area contributed by atoms with E-state index in [0.717, 1.165) is 4.88 Å². The standard InChI is InChI=1S/C24H26N4O5S/c1-24(2,3)33-23(31)28-20(16-8-5-4-6-9-16)21(29)27-17-10-7-11-18(12-17)32-22(30)26-14-19-13-25-15-34-19/h4-13,15,20H,14H2,1-3H3,(H,26,30)(H,27,29)(H,28,31). The van der Waals surface area contributed by atoms with Gasteiger partial charge in [-0.05, 0) is 38.5 Å². The van der Waals surface area contributed by atoms with Crippen LogP contribution in [0.5, 0.6) is 5.75 Å². The monoisotopic (exact) mass is 482 g/mol. The highest BCUT2D eigenvalue weighted by Crippen LogP contribution is 2.21. The molecule has 0 fully saturated rings. The first kappa shape index (κ1) is 24.7. The van der Waals surface area contributed by atoms with Crippen molar-refractivity contribution in [1.82, 2.24) is 15.6 Å². The summed E-state index contributed by atoms with van der Waals surface area (Å²) in [6.45, 7) is 5.52. The predicted molar refractivity (Wildman–Crippen MR) is 129 cm³/mol. The van der Waals surface area contributed by atoms with Gasteiger partial charge >= 0.3 is 12.2 Å². The van der Waals surface area contributed by atoms with Gasteiger partial charge in [0.1, 0.15) is 17.4 Å². The Kier molecular flexibility index (Phi) is 8.20. The van der Waals surface area contributed by atoms with Gasteiger partial charge in [0.05, 0.1) is 12.1 Å². The summed E-state index contributed by atoms with van der Waals surface area (Å²) in [5, 5.41) is 8.00. The number of thiazole rings is 1. The summed E-state index contributed by atoms with van der Waals surface area (Å²) in [7, 11) is 0. The summed E-state index contributed by atoms with van der Waals surface area (Å²) in [6, 6.07) is 14.2. The van der Waals surface area contributed by atoms with Gasteiger partial charge in [-0.15, -0.1) is 11.3 Å². The molecule has 0 aliphatic carbocycles. The van der Waals surface area contributed by atoms with E-state index in [1.807, 2.05) is 6.07 Å². The molecule has 0 saturated carbocycles. The molecule has 3 aromatic rings. The average Bonchev–Trinajstić information content (AvgIpc) is 3.29. The smallest absolute Gasteiger partial charge is 0.412 e. The number of nitrogens with zero attached hydrogens (tertiary/aromatic N) is 1. The summed E-state index contributed by atoms with van der Waals surface area (Å²) in [4.78, 5) is 42.3. The van der Waals surface area contributed by atoms with Crippen molar-refractivity contribution in [1.29, 1.82) is 0 Å². The number of carbonyl (C=O) groups excluding carboxylic acids is 3. The topological polar surface area (TPSA) is 119 Å². The van der Waals surface area contributed by atoms with Crippen LogP contribution in [0.2, 0.25) is 0 Å². The molecule has 1 heterocycles. The Morgan fingerprint density at radius 2 is 1.79 bits per heavy atom. The molecule has 0 radical (unpaired) electrons. The molecule has 0 spiro atoms. The number of ether oxygens (including phenoxy) is 2. The summed E-state index contributed by atoms with van der Waals surface area (Å²) in [6.07, 6.45) is 0.312. The van der Waals surface area contributed by atoms with Gasteiger partial charge in [-0.25, -0.2) is 9.59 Å². The van der Waals surface area contributed by atoms with Crippen molar-refractivity contribution < 1.29 is 23.9 Å². The molecular weight excluding hydrogens is 456 g/mol. The number of alkyl carbamates (subject to hydrolysis) is 1. The van der Waals surface area contributed by atoms with Crippen molar-refractivity contribution in [2.24, 2.45) is 0 Å². The zero-order valence-corrected chi connectivity index (χ0v) is 19.8. The fourth-order valence-corrected chi connectivity index (χ4v) is 3.39. The van der Waals surface area contributed by atoms with Gasteiger partial charge in [0.2, 0.25) is 0 Å². The van der Waals surface area contributed by atoms with Gasteiger partial charge < -0.3 is 25.4 Å². The minimum Gasteiger partial charge on any atom is -0.444 e. The van der Waals surface area contributed by atoms with Crippen molar-refractivity contribution in [3.63, 3.8) is 0 Å². The van der Waals surface area contributed by atoms with Crippen LogP contribution in [0.15, 0.2) is 66.3 Å². The molecule has 10 heteroatoms. The van der Waals surface area contributed by atoms with Crippen LogP contribution in [0.4, 0.5) is 15.3 Å². The number of amides is 3. The van der Waals surface area contributed by atoms with Crippen molar-refractivity contribution >= 4 is 35.1 Å². The highest BCUT2D eigenvalue weighted by atomic mass is 32.1. The molecule has 9 nitrogen and oxygen atoms in total. The van der Waals surface area contributed by atoms with E-state index < -0.39 is 29.7 Å². The lowest BCUT2D eigenvalue weighted by atomic mass is 10.1. The second-order valence-corrected chi connectivity index (χ2v) is 9.19. The summed E-state index contributed by atoms with van der Waals surface area (Å²) < 4.78 is 10.6. The molecule has 1 aromatic heterocycles. The predicted octanol–water partition coefficient (Wildman–Crippen LogP) is 4.64. The van der Waals surface area contributed by atoms with E-state index in [-0.39, 0.29) is 5.75 Å². The quantitative estimate of drug-likeness (QED) is 0.452. The van der Waals surface area contributed by atoms with E-state index >= 15 is 0 Å². The Labute approximate surface area is 201 Å². The first-order valence-corrected chi connectivity index (χ1v) is 11.4. The van der Waals surface area contributed by atoms with E-state index in [1.165, 1.54) is 17.4 Å². The second kappa shape index (κ2) is 11.3. The molecular formula is C24H26N4O5S. The van der Waals surface area contributed by atoms with Crippen LogP contribution in [0.25, 0.3) is 0 Å². The Hall–Kier alpha value is -3.92. The largest absolute Gasteiger partial charge is 0.444 e. The number of hydrogen-bond donors (Lipinski definition) is 3. The number of aromatic nitrogens is 1. The second-order valence-electron chi connectivity index (χ2n) is 8.22. The zero-order valence-electron chi connectivity index (χ0n) is 19.0. The van der Waals surface area contributed by atoms with Crippen molar-refractivity contribution in [2.75, 3.05) is 5.32 Å². The first-order valence-electron chi connectivity index (χ1n) is 10.5. The first-order chi connectivity index (χ1) is 16.2. The third kappa shape index (κ3) is 7.89. The van der Waals surface area contributed by atoms with E-state index in [1.54, 1.807) is 74.9 Å². The average molecular weight is 483 g/mol. The Balaban J connectivity index is 1.66. The Bertz CT molecular complexity index is 1110. The number of carbonyl (C=O) groups is 3. The number of anilines is 1. The van der Waals surface area contributed by atoms with Gasteiger partial charge in [-0.1, -0.05) is 36.4 Å². The third-order valence-electron chi connectivity index (χ3n) is 4.26. The van der Waals surface area contributed by atoms with Crippen LogP contribution in [0, 0.1) is 0 Å². The molecule has 0 aliphatic heterocycles. The van der Waals surface area contributed by atoms with Crippen LogP contribution >= 0.6 is 11.3 Å². The van der Waals surface area contributed by atoms with E-state index in [4.69, 9.17) is 9.47 Å². The normalized spacial score (nSPS) is 11.7. The molecule has 3 N–H and O–H groups in total. The molecule has 1 unspecified atom stereocenters. The van der Waals surface area contributed by atoms with Crippen LogP contribution in [0.1, 0.15) is 37.3 Å². The molecule has 0 saturated heterocycles. The maximum Gasteiger partial charge on any atom is 0.412 e. The minimum atomic E-state index is -0.997. The highest BCUT2D eigenvalue weighted by Gasteiger charge is 2.26. The van der Waals surface area contributed by atoms with Gasteiger partial charge in [-0.2, -0.15) is 0 Å². The lowest BCUT2D eigenvalue weighted by molar-refractivity contribution is -0.118. The van der Waals surface area contributed by atoms with E-state index in [2.05, 4.69) is 20.9 Å². The van der Waals surface area contributed by atoms with Gasteiger partial charge in [0.15, 0.2) is 0 Å². The van der Waals surface area contributed by atoms with Crippen LogP contribution < -0.4 is 20.7 Å². The molecule has 34 heavy (non-hydrogen) atoms. The number of nitrogens with one attached hydrogen (secondary N) is 3. The number of hydrogen-bond acceptors (Lipinski definition) is 7. The van der Waals surface area contributed by atoms with Gasteiger partial charge in [-0.3, -0.25) is 9.78 Å². The SMILES string of the molecule is CC(C)(C)OC(=O)NC(C(=O)Nc1cccc(OC(=O)NCc2cncs2)c1)c1ccccc1. The lowest BCUT2D eigenvalue weighted by Crippen LogP contribution is -2.40. The summed E-state index contributed by atoms with van der Waals surface area (Å²) in [5.74, 6) is -0.236. The highest BCUT2D eigenvalue weighted by molar-refractivity contribution is 7.09. The number of rotatable bonds is 7. The van der Waals surface area contributed by atoms with Gasteiger partial charge in [0, 0.05) is 22.8 Å². The molecule has 3 amide bonds. The maximum absolute atomic E-state index is 13.1. The van der Waals surface area contributed by atoms with Crippen LogP contribution in [-0.4, -0.2) is 28.7 Å². The third-order valence-corrected chi connectivity index (χ3v) is 5.04. The molecule has 0 bridgehead atoms. The Morgan fingerprint density at radius 3 is 2.47 bits per heavy atom. The van der Waals surface area contributed by atoms with Crippen molar-refractivity contribution in [3.05, 3.63) is 76.7 Å². The Morgan fingerprint density at radius 1 is 1.03 bits per heavy atom. The zero-order chi connectivity index (χ0) is 24.6. The number of benzene rings is 2. The van der Waals surface area contributed by atoms with Gasteiger partial charge in [0.25, 0.3) is 5.91 Å². The lowest BCUT2D eigenvalue weighted by Gasteiger charge is -2.23. The maximum atomic E-state index is 13.1. The molecule has 0 aliphatic rings. The molecule has 2 aromatic carbocycles. The summed E-state index contributed by atoms with van der Waals surface area (Å²) in [5.41, 5.74) is 1.94. The molecule has 1 atom stereocenters. The van der Waals surface area contributed by atoms with Crippen LogP contribution in [0.3, 0.4) is 0 Å². The van der Waals surface area contributed by atoms with E-state index in [0.29, 0.717) is 17.8 Å². The molecule has 3 rings (SSSR count). The fraction of sp³-hybridized carbons (Fsp3) is 0.250. The summed E-state index contributed by atoms with van der Waals surface area (Å²) >= 11 is 1.42. The van der Waals surface area contributed by atoms with Crippen LogP contribution in [-0.2, 0) is 16.1 Å². The minimum absolute atomic E-state index is 0.246. The fourth-order valence-electron chi connectivity index (χ4n) is 2.85. The van der Waals surface area contributed by atoms with Crippen molar-refractivity contribution in [3.8, 4) is 5.75 Å². The van der Waals surface area contributed by atoms with Crippen molar-refractivity contribution in [2.45, 2.75) is 39.0 Å². The van der Waals surface area contributed by atoms with E-state index in [9.17, 15) is 14.4 Å². The molecule has 178 valence electrons.